The number of rotatable bonds is 5. The van der Waals surface area contributed by atoms with E-state index in [0.29, 0.717) is 6.04 Å². The molecule has 0 aliphatic heterocycles. The summed E-state index contributed by atoms with van der Waals surface area (Å²) in [4.78, 5) is 0. The Kier molecular flexibility index (Phi) is 3.61. The molecule has 0 unspecified atom stereocenters. The molecule has 4 heteroatoms. The molecule has 92 valence electrons. The van der Waals surface area contributed by atoms with E-state index in [9.17, 15) is 0 Å². The van der Waals surface area contributed by atoms with Crippen LogP contribution < -0.4 is 0 Å². The third kappa shape index (κ3) is 2.75. The first-order valence-electron chi connectivity index (χ1n) is 6.27. The highest BCUT2D eigenvalue weighted by molar-refractivity contribution is 5.02. The Morgan fingerprint density at radius 3 is 2.47 bits per heavy atom. The van der Waals surface area contributed by atoms with Crippen LogP contribution in [0.15, 0.2) is 24.5 Å². The minimum atomic E-state index is 0.517. The second-order valence-corrected chi connectivity index (χ2v) is 4.41. The van der Waals surface area contributed by atoms with E-state index in [2.05, 4.69) is 41.0 Å². The van der Waals surface area contributed by atoms with Gasteiger partial charge >= 0.3 is 0 Å². The van der Waals surface area contributed by atoms with Crippen LogP contribution in [0, 0.1) is 6.92 Å². The average Bonchev–Trinajstić information content (AvgIpc) is 2.91. The van der Waals surface area contributed by atoms with E-state index in [1.54, 1.807) is 0 Å². The lowest BCUT2D eigenvalue weighted by Crippen LogP contribution is -2.09. The summed E-state index contributed by atoms with van der Waals surface area (Å²) in [5, 5.41) is 8.98. The highest BCUT2D eigenvalue weighted by atomic mass is 15.3. The van der Waals surface area contributed by atoms with Gasteiger partial charge in [-0.1, -0.05) is 13.8 Å². The number of hydrogen-bond donors (Lipinski definition) is 0. The molecule has 0 saturated carbocycles. The van der Waals surface area contributed by atoms with Gasteiger partial charge in [0.1, 0.15) is 0 Å². The zero-order valence-electron chi connectivity index (χ0n) is 10.8. The van der Waals surface area contributed by atoms with Gasteiger partial charge in [-0.25, -0.2) is 0 Å². The summed E-state index contributed by atoms with van der Waals surface area (Å²) < 4.78 is 4.00. The smallest absolute Gasteiger partial charge is 0.0849 e. The van der Waals surface area contributed by atoms with Crippen LogP contribution in [-0.2, 0) is 6.54 Å². The highest BCUT2D eigenvalue weighted by Crippen LogP contribution is 2.14. The van der Waals surface area contributed by atoms with E-state index < -0.39 is 0 Å². The molecule has 2 heterocycles. The Morgan fingerprint density at radius 1 is 1.12 bits per heavy atom. The van der Waals surface area contributed by atoms with Crippen LogP contribution in [0.1, 0.15) is 44.1 Å². The van der Waals surface area contributed by atoms with Crippen LogP contribution in [-0.4, -0.2) is 19.6 Å². The van der Waals surface area contributed by atoms with Gasteiger partial charge in [0.05, 0.1) is 24.0 Å². The van der Waals surface area contributed by atoms with Crippen molar-refractivity contribution in [2.24, 2.45) is 0 Å². The van der Waals surface area contributed by atoms with Crippen molar-refractivity contribution in [3.8, 4) is 0 Å². The lowest BCUT2D eigenvalue weighted by atomic mass is 10.2. The number of aryl methyl sites for hydroxylation is 1. The predicted octanol–water partition coefficient (Wildman–Crippen LogP) is 2.80. The minimum absolute atomic E-state index is 0.517. The molecule has 0 atom stereocenters. The van der Waals surface area contributed by atoms with E-state index in [0.717, 1.165) is 30.8 Å². The molecule has 2 aromatic heterocycles. The Bertz CT molecular complexity index is 465. The molecule has 0 spiro atoms. The topological polar surface area (TPSA) is 35.6 Å². The largest absolute Gasteiger partial charge is 0.269 e. The van der Waals surface area contributed by atoms with Crippen LogP contribution in [0.3, 0.4) is 0 Å². The van der Waals surface area contributed by atoms with Gasteiger partial charge < -0.3 is 0 Å². The molecule has 0 aliphatic rings. The highest BCUT2D eigenvalue weighted by Gasteiger charge is 2.08. The van der Waals surface area contributed by atoms with Crippen molar-refractivity contribution >= 4 is 0 Å². The van der Waals surface area contributed by atoms with Gasteiger partial charge in [0, 0.05) is 12.4 Å². The van der Waals surface area contributed by atoms with E-state index in [4.69, 9.17) is 0 Å². The summed E-state index contributed by atoms with van der Waals surface area (Å²) in [6, 6.07) is 4.61. The molecule has 0 saturated heterocycles. The van der Waals surface area contributed by atoms with Crippen LogP contribution >= 0.6 is 0 Å². The maximum absolute atomic E-state index is 4.61. The lowest BCUT2D eigenvalue weighted by molar-refractivity contribution is 0.424. The molecule has 0 aliphatic carbocycles. The van der Waals surface area contributed by atoms with Crippen LogP contribution in [0.2, 0.25) is 0 Å². The van der Waals surface area contributed by atoms with Crippen LogP contribution in [0.25, 0.3) is 0 Å². The van der Waals surface area contributed by atoms with Crippen molar-refractivity contribution in [1.82, 2.24) is 19.6 Å². The van der Waals surface area contributed by atoms with Gasteiger partial charge in [-0.15, -0.1) is 0 Å². The molecule has 0 amide bonds. The monoisotopic (exact) mass is 232 g/mol. The fraction of sp³-hybridized carbons (Fsp3) is 0.538. The molecule has 0 aromatic carbocycles. The minimum Gasteiger partial charge on any atom is -0.269 e. The summed E-state index contributed by atoms with van der Waals surface area (Å²) in [6.07, 6.45) is 6.31. The maximum atomic E-state index is 4.61. The van der Waals surface area contributed by atoms with Crippen molar-refractivity contribution in [3.05, 3.63) is 35.9 Å². The third-order valence-corrected chi connectivity index (χ3v) is 3.08. The molecule has 0 fully saturated rings. The number of hydrogen-bond acceptors (Lipinski definition) is 2. The van der Waals surface area contributed by atoms with Gasteiger partial charge in [-0.05, 0) is 31.9 Å². The van der Waals surface area contributed by atoms with E-state index in [1.807, 2.05) is 23.9 Å². The van der Waals surface area contributed by atoms with Crippen molar-refractivity contribution in [2.75, 3.05) is 0 Å². The molecule has 0 radical (unpaired) electrons. The summed E-state index contributed by atoms with van der Waals surface area (Å²) in [5.74, 6) is 0. The quantitative estimate of drug-likeness (QED) is 0.794. The zero-order valence-corrected chi connectivity index (χ0v) is 10.8. The molecule has 0 bridgehead atoms. The lowest BCUT2D eigenvalue weighted by Gasteiger charge is -2.12. The Hall–Kier alpha value is -1.58. The Labute approximate surface area is 102 Å². The van der Waals surface area contributed by atoms with Gasteiger partial charge in [0.15, 0.2) is 0 Å². The molecule has 2 rings (SSSR count). The van der Waals surface area contributed by atoms with Crippen molar-refractivity contribution in [1.29, 1.82) is 0 Å². The van der Waals surface area contributed by atoms with Crippen molar-refractivity contribution in [2.45, 2.75) is 46.2 Å². The predicted molar refractivity (Wildman–Crippen MR) is 67.9 cm³/mol. The fourth-order valence-electron chi connectivity index (χ4n) is 2.05. The second kappa shape index (κ2) is 5.17. The first-order valence-corrected chi connectivity index (χ1v) is 6.27. The fourth-order valence-corrected chi connectivity index (χ4v) is 2.05. The molecule has 2 aromatic rings. The van der Waals surface area contributed by atoms with E-state index in [-0.39, 0.29) is 0 Å². The summed E-state index contributed by atoms with van der Waals surface area (Å²) in [5.41, 5.74) is 2.12. The van der Waals surface area contributed by atoms with Crippen molar-refractivity contribution in [3.63, 3.8) is 0 Å². The van der Waals surface area contributed by atoms with Gasteiger partial charge in [-0.3, -0.25) is 9.36 Å². The van der Waals surface area contributed by atoms with Gasteiger partial charge in [0.2, 0.25) is 0 Å². The number of aromatic nitrogens is 4. The molecule has 4 nitrogen and oxygen atoms in total. The van der Waals surface area contributed by atoms with E-state index >= 15 is 0 Å². The normalized spacial score (nSPS) is 11.3. The standard InChI is InChI=1S/C13H20N4/c1-4-13(5-2)17-9-7-12(15-17)10-16-8-6-11(3)14-16/h6-9,13H,4-5,10H2,1-3H3. The summed E-state index contributed by atoms with van der Waals surface area (Å²) in [6.45, 7) is 7.15. The number of nitrogens with zero attached hydrogens (tertiary/aromatic N) is 4. The second-order valence-electron chi connectivity index (χ2n) is 4.41. The summed E-state index contributed by atoms with van der Waals surface area (Å²) in [7, 11) is 0. The van der Waals surface area contributed by atoms with Gasteiger partial charge in [-0.2, -0.15) is 10.2 Å². The average molecular weight is 232 g/mol. The SMILES string of the molecule is CCC(CC)n1ccc(Cn2ccc(C)n2)n1. The first kappa shape index (κ1) is 11.9. The van der Waals surface area contributed by atoms with Crippen LogP contribution in [0.4, 0.5) is 0 Å². The Balaban J connectivity index is 2.08. The van der Waals surface area contributed by atoms with Crippen LogP contribution in [0.5, 0.6) is 0 Å². The summed E-state index contributed by atoms with van der Waals surface area (Å²) >= 11 is 0. The van der Waals surface area contributed by atoms with Crippen molar-refractivity contribution < 1.29 is 0 Å². The molecule has 0 N–H and O–H groups in total. The molecule has 17 heavy (non-hydrogen) atoms. The first-order chi connectivity index (χ1) is 8.22. The third-order valence-electron chi connectivity index (χ3n) is 3.08. The van der Waals surface area contributed by atoms with E-state index in [1.165, 1.54) is 0 Å². The van der Waals surface area contributed by atoms with Gasteiger partial charge in [0.25, 0.3) is 0 Å². The molecular formula is C13H20N4. The maximum Gasteiger partial charge on any atom is 0.0849 e. The Morgan fingerprint density at radius 2 is 1.88 bits per heavy atom. The molecular weight excluding hydrogens is 212 g/mol. The zero-order chi connectivity index (χ0) is 12.3.